The molecule has 3 N–H and O–H groups in total. The van der Waals surface area contributed by atoms with Crippen LogP contribution in [0, 0.1) is 13.8 Å². The molecular formula is C23H27ClN4O3. The van der Waals surface area contributed by atoms with E-state index in [4.69, 9.17) is 22.1 Å². The van der Waals surface area contributed by atoms with Gasteiger partial charge >= 0.3 is 0 Å². The molecule has 0 spiro atoms. The van der Waals surface area contributed by atoms with Gasteiger partial charge in [0.15, 0.2) is 5.82 Å². The van der Waals surface area contributed by atoms with Crippen molar-refractivity contribution in [1.29, 1.82) is 0 Å². The van der Waals surface area contributed by atoms with Crippen molar-refractivity contribution in [3.05, 3.63) is 57.8 Å². The lowest BCUT2D eigenvalue weighted by molar-refractivity contribution is 0.00624. The van der Waals surface area contributed by atoms with E-state index in [-0.39, 0.29) is 12.0 Å². The summed E-state index contributed by atoms with van der Waals surface area (Å²) in [4.78, 5) is 23.9. The largest absolute Gasteiger partial charge is 0.487 e. The number of nitrogens with two attached hydrogens (primary N) is 1. The van der Waals surface area contributed by atoms with Gasteiger partial charge in [-0.3, -0.25) is 4.79 Å². The van der Waals surface area contributed by atoms with Gasteiger partial charge in [-0.15, -0.1) is 0 Å². The standard InChI is InChI=1S/C23H27ClN4O3/c1-13-21(24)14(2)27-22(26-13)16-11-28(12-17(16)25)23(30)15-7-3-5-9-19(15)31-20-10-6-4-8-18(20)29/h3,5,7,9,18,20,29H,4,6,8,10-12,25H2,1-2H3/t18-,20-/m0/s1. The van der Waals surface area contributed by atoms with E-state index < -0.39 is 6.10 Å². The second kappa shape index (κ2) is 8.85. The zero-order chi connectivity index (χ0) is 22.1. The summed E-state index contributed by atoms with van der Waals surface area (Å²) in [5.74, 6) is 0.809. The number of aliphatic hydroxyl groups is 1. The lowest BCUT2D eigenvalue weighted by Crippen LogP contribution is -2.36. The van der Waals surface area contributed by atoms with Crippen LogP contribution in [-0.2, 0) is 0 Å². The summed E-state index contributed by atoms with van der Waals surface area (Å²) in [6.07, 6.45) is 2.69. The predicted octanol–water partition coefficient (Wildman–Crippen LogP) is 3.25. The van der Waals surface area contributed by atoms with E-state index in [9.17, 15) is 9.90 Å². The molecule has 2 heterocycles. The summed E-state index contributed by atoms with van der Waals surface area (Å²) >= 11 is 6.19. The van der Waals surface area contributed by atoms with E-state index in [2.05, 4.69) is 9.97 Å². The maximum absolute atomic E-state index is 13.3. The molecule has 1 aliphatic carbocycles. The molecule has 2 aromatic rings. The summed E-state index contributed by atoms with van der Waals surface area (Å²) in [6.45, 7) is 4.25. The predicted molar refractivity (Wildman–Crippen MR) is 119 cm³/mol. The molecule has 8 heteroatoms. The van der Waals surface area contributed by atoms with Gasteiger partial charge in [0.1, 0.15) is 11.9 Å². The number of amides is 1. The van der Waals surface area contributed by atoms with Gasteiger partial charge in [0, 0.05) is 11.3 Å². The third kappa shape index (κ3) is 4.38. The Morgan fingerprint density at radius 1 is 1.16 bits per heavy atom. The van der Waals surface area contributed by atoms with E-state index >= 15 is 0 Å². The van der Waals surface area contributed by atoms with Gasteiger partial charge in [0.2, 0.25) is 0 Å². The highest BCUT2D eigenvalue weighted by atomic mass is 35.5. The molecule has 2 atom stereocenters. The van der Waals surface area contributed by atoms with Gasteiger partial charge in [0.25, 0.3) is 5.91 Å². The molecule has 0 unspecified atom stereocenters. The smallest absolute Gasteiger partial charge is 0.258 e. The number of carbonyl (C=O) groups is 1. The zero-order valence-electron chi connectivity index (χ0n) is 17.8. The molecule has 2 aliphatic rings. The van der Waals surface area contributed by atoms with Crippen molar-refractivity contribution >= 4 is 23.1 Å². The van der Waals surface area contributed by atoms with Crippen LogP contribution in [0.15, 0.2) is 30.0 Å². The Hall–Kier alpha value is -2.64. The number of aromatic nitrogens is 2. The Balaban J connectivity index is 1.54. The molecule has 0 saturated heterocycles. The number of aliphatic hydroxyl groups excluding tert-OH is 1. The number of rotatable bonds is 4. The fourth-order valence-corrected chi connectivity index (χ4v) is 4.22. The number of hydrogen-bond donors (Lipinski definition) is 2. The summed E-state index contributed by atoms with van der Waals surface area (Å²) in [6, 6.07) is 7.15. The lowest BCUT2D eigenvalue weighted by atomic mass is 9.95. The number of benzene rings is 1. The molecule has 4 rings (SSSR count). The Morgan fingerprint density at radius 2 is 1.84 bits per heavy atom. The van der Waals surface area contributed by atoms with Crippen LogP contribution >= 0.6 is 11.6 Å². The summed E-state index contributed by atoms with van der Waals surface area (Å²) in [7, 11) is 0. The first kappa shape index (κ1) is 21.6. The Morgan fingerprint density at radius 3 is 2.55 bits per heavy atom. The minimum Gasteiger partial charge on any atom is -0.487 e. The Labute approximate surface area is 186 Å². The highest BCUT2D eigenvalue weighted by molar-refractivity contribution is 6.31. The van der Waals surface area contributed by atoms with E-state index in [1.807, 2.05) is 19.9 Å². The molecule has 1 saturated carbocycles. The highest BCUT2D eigenvalue weighted by Crippen LogP contribution is 2.30. The second-order valence-electron chi connectivity index (χ2n) is 8.20. The molecule has 0 bridgehead atoms. The third-order valence-corrected chi connectivity index (χ3v) is 6.45. The minimum atomic E-state index is -0.513. The zero-order valence-corrected chi connectivity index (χ0v) is 18.5. The van der Waals surface area contributed by atoms with Gasteiger partial charge in [-0.1, -0.05) is 30.2 Å². The quantitative estimate of drug-likeness (QED) is 0.753. The average molecular weight is 443 g/mol. The second-order valence-corrected chi connectivity index (χ2v) is 8.58. The Kier molecular flexibility index (Phi) is 6.16. The van der Waals surface area contributed by atoms with Gasteiger partial charge in [-0.2, -0.15) is 0 Å². The van der Waals surface area contributed by atoms with Crippen LogP contribution in [0.25, 0.3) is 5.57 Å². The molecule has 7 nitrogen and oxygen atoms in total. The summed E-state index contributed by atoms with van der Waals surface area (Å²) < 4.78 is 6.08. The van der Waals surface area contributed by atoms with Crippen molar-refractivity contribution in [2.45, 2.75) is 51.7 Å². The number of halogens is 1. The highest BCUT2D eigenvalue weighted by Gasteiger charge is 2.31. The van der Waals surface area contributed by atoms with Crippen molar-refractivity contribution < 1.29 is 14.6 Å². The summed E-state index contributed by atoms with van der Waals surface area (Å²) in [5.41, 5.74) is 9.39. The van der Waals surface area contributed by atoms with Gasteiger partial charge in [-0.05, 0) is 45.2 Å². The molecule has 1 aliphatic heterocycles. The van der Waals surface area contributed by atoms with Gasteiger partial charge < -0.3 is 20.5 Å². The Bertz CT molecular complexity index is 1020. The van der Waals surface area contributed by atoms with Crippen LogP contribution < -0.4 is 10.5 Å². The number of para-hydroxylation sites is 1. The fourth-order valence-electron chi connectivity index (χ4n) is 4.14. The minimum absolute atomic E-state index is 0.179. The van der Waals surface area contributed by atoms with E-state index in [1.165, 1.54) is 0 Å². The first-order valence-electron chi connectivity index (χ1n) is 10.6. The van der Waals surface area contributed by atoms with Crippen LogP contribution in [0.3, 0.4) is 0 Å². The maximum Gasteiger partial charge on any atom is 0.258 e. The number of nitrogens with zero attached hydrogens (tertiary/aromatic N) is 3. The molecule has 164 valence electrons. The summed E-state index contributed by atoms with van der Waals surface area (Å²) in [5, 5.41) is 10.8. The van der Waals surface area contributed by atoms with E-state index in [0.717, 1.165) is 31.3 Å². The number of carbonyl (C=O) groups excluding carboxylic acids is 1. The van der Waals surface area contributed by atoms with Crippen LogP contribution in [-0.4, -0.2) is 51.2 Å². The van der Waals surface area contributed by atoms with E-state index in [0.29, 0.717) is 52.3 Å². The van der Waals surface area contributed by atoms with Crippen LogP contribution in [0.5, 0.6) is 5.75 Å². The van der Waals surface area contributed by atoms with E-state index in [1.54, 1.807) is 23.1 Å². The van der Waals surface area contributed by atoms with Crippen LogP contribution in [0.4, 0.5) is 0 Å². The van der Waals surface area contributed by atoms with Crippen LogP contribution in [0.1, 0.15) is 53.3 Å². The maximum atomic E-state index is 13.3. The fraction of sp³-hybridized carbons (Fsp3) is 0.435. The SMILES string of the molecule is Cc1nc(C2=C(N)CN(C(=O)c3ccccc3O[C@H]3CCCC[C@@H]3O)C2)nc(C)c1Cl. The van der Waals surface area contributed by atoms with Crippen molar-refractivity contribution in [2.75, 3.05) is 13.1 Å². The monoisotopic (exact) mass is 442 g/mol. The molecule has 31 heavy (non-hydrogen) atoms. The number of ether oxygens (including phenoxy) is 1. The first-order valence-corrected chi connectivity index (χ1v) is 10.9. The number of hydrogen-bond acceptors (Lipinski definition) is 6. The van der Waals surface area contributed by atoms with Gasteiger partial charge in [0.05, 0.1) is 41.2 Å². The number of aryl methyl sites for hydroxylation is 2. The van der Waals surface area contributed by atoms with Gasteiger partial charge in [-0.25, -0.2) is 9.97 Å². The topological polar surface area (TPSA) is 102 Å². The first-order chi connectivity index (χ1) is 14.8. The average Bonchev–Trinajstić information content (AvgIpc) is 3.15. The van der Waals surface area contributed by atoms with Crippen LogP contribution in [0.2, 0.25) is 5.02 Å². The molecule has 1 fully saturated rings. The molecule has 1 amide bonds. The molecular weight excluding hydrogens is 416 g/mol. The van der Waals surface area contributed by atoms with Crippen molar-refractivity contribution in [3.8, 4) is 5.75 Å². The molecule has 1 aromatic carbocycles. The molecule has 1 aromatic heterocycles. The van der Waals surface area contributed by atoms with Crippen molar-refractivity contribution in [3.63, 3.8) is 0 Å². The molecule has 0 radical (unpaired) electrons. The lowest BCUT2D eigenvalue weighted by Gasteiger charge is -2.29. The van der Waals surface area contributed by atoms with Crippen molar-refractivity contribution in [2.24, 2.45) is 5.73 Å². The van der Waals surface area contributed by atoms with Crippen molar-refractivity contribution in [1.82, 2.24) is 14.9 Å². The normalized spacial score (nSPS) is 21.5. The third-order valence-electron chi connectivity index (χ3n) is 5.90.